The van der Waals surface area contributed by atoms with Crippen LogP contribution in [0.4, 0.5) is 5.69 Å². The van der Waals surface area contributed by atoms with Gasteiger partial charge in [0.05, 0.1) is 17.7 Å². The van der Waals surface area contributed by atoms with Crippen molar-refractivity contribution in [3.8, 4) is 6.07 Å². The summed E-state index contributed by atoms with van der Waals surface area (Å²) < 4.78 is 0. The van der Waals surface area contributed by atoms with Gasteiger partial charge in [-0.15, -0.1) is 0 Å². The van der Waals surface area contributed by atoms with Crippen molar-refractivity contribution in [2.24, 2.45) is 5.73 Å². The highest BCUT2D eigenvalue weighted by Gasteiger charge is 2.28. The van der Waals surface area contributed by atoms with Gasteiger partial charge in [-0.2, -0.15) is 5.26 Å². The lowest BCUT2D eigenvalue weighted by atomic mass is 10.1. The van der Waals surface area contributed by atoms with Crippen LogP contribution in [0.2, 0.25) is 0 Å². The molecule has 4 N–H and O–H groups in total. The van der Waals surface area contributed by atoms with Gasteiger partial charge < -0.3 is 16.4 Å². The highest BCUT2D eigenvalue weighted by atomic mass is 16.2. The van der Waals surface area contributed by atoms with E-state index in [2.05, 4.69) is 6.07 Å². The SMILES string of the molecule is N#Cc1ccc(N)c(CN2CC[C@H](N)C2=O)c1. The summed E-state index contributed by atoms with van der Waals surface area (Å²) >= 11 is 0. The second kappa shape index (κ2) is 4.44. The Morgan fingerprint density at radius 2 is 2.29 bits per heavy atom. The van der Waals surface area contributed by atoms with Gasteiger partial charge in [-0.1, -0.05) is 0 Å². The molecule has 1 heterocycles. The molecule has 0 saturated carbocycles. The minimum absolute atomic E-state index is 0.0493. The molecule has 1 aliphatic heterocycles. The van der Waals surface area contributed by atoms with Crippen molar-refractivity contribution in [3.05, 3.63) is 29.3 Å². The number of nitrogen functional groups attached to an aromatic ring is 1. The second-order valence-electron chi connectivity index (χ2n) is 4.18. The van der Waals surface area contributed by atoms with Crippen LogP contribution >= 0.6 is 0 Å². The molecule has 0 aromatic heterocycles. The summed E-state index contributed by atoms with van der Waals surface area (Å²) in [7, 11) is 0. The van der Waals surface area contributed by atoms with Crippen LogP contribution in [0.5, 0.6) is 0 Å². The molecule has 1 aromatic carbocycles. The maximum Gasteiger partial charge on any atom is 0.239 e. The average molecular weight is 230 g/mol. The van der Waals surface area contributed by atoms with Gasteiger partial charge in [0.25, 0.3) is 0 Å². The molecule has 0 spiro atoms. The summed E-state index contributed by atoms with van der Waals surface area (Å²) in [4.78, 5) is 13.3. The topological polar surface area (TPSA) is 96.1 Å². The first-order chi connectivity index (χ1) is 8.11. The van der Waals surface area contributed by atoms with Crippen LogP contribution in [0.15, 0.2) is 18.2 Å². The number of likely N-dealkylation sites (tertiary alicyclic amines) is 1. The quantitative estimate of drug-likeness (QED) is 0.709. The molecule has 0 bridgehead atoms. The molecule has 5 heteroatoms. The molecule has 17 heavy (non-hydrogen) atoms. The van der Waals surface area contributed by atoms with E-state index in [0.29, 0.717) is 30.8 Å². The number of carbonyl (C=O) groups is 1. The van der Waals surface area contributed by atoms with E-state index in [9.17, 15) is 4.79 Å². The molecular weight excluding hydrogens is 216 g/mol. The van der Waals surface area contributed by atoms with Crippen LogP contribution in [-0.2, 0) is 11.3 Å². The molecule has 0 unspecified atom stereocenters. The van der Waals surface area contributed by atoms with Gasteiger partial charge in [0.2, 0.25) is 5.91 Å². The van der Waals surface area contributed by atoms with Gasteiger partial charge in [0.15, 0.2) is 0 Å². The average Bonchev–Trinajstić information content (AvgIpc) is 2.64. The Hall–Kier alpha value is -2.06. The smallest absolute Gasteiger partial charge is 0.239 e. The van der Waals surface area contributed by atoms with E-state index in [0.717, 1.165) is 5.56 Å². The van der Waals surface area contributed by atoms with Gasteiger partial charge >= 0.3 is 0 Å². The zero-order valence-electron chi connectivity index (χ0n) is 9.39. The predicted octanol–water partition coefficient (Wildman–Crippen LogP) is 0.200. The third kappa shape index (κ3) is 2.22. The third-order valence-corrected chi connectivity index (χ3v) is 2.97. The van der Waals surface area contributed by atoms with Crippen molar-refractivity contribution < 1.29 is 4.79 Å². The van der Waals surface area contributed by atoms with E-state index in [1.54, 1.807) is 23.1 Å². The minimum Gasteiger partial charge on any atom is -0.398 e. The summed E-state index contributed by atoms with van der Waals surface area (Å²) in [5, 5.41) is 8.82. The fourth-order valence-electron chi connectivity index (χ4n) is 1.94. The highest BCUT2D eigenvalue weighted by molar-refractivity contribution is 5.83. The number of nitrogens with two attached hydrogens (primary N) is 2. The molecule has 5 nitrogen and oxygen atoms in total. The molecule has 0 radical (unpaired) electrons. The predicted molar refractivity (Wildman–Crippen MR) is 63.6 cm³/mol. The zero-order valence-corrected chi connectivity index (χ0v) is 9.39. The number of hydrogen-bond donors (Lipinski definition) is 2. The summed E-state index contributed by atoms with van der Waals surface area (Å²) in [6.07, 6.45) is 0.677. The third-order valence-electron chi connectivity index (χ3n) is 2.97. The van der Waals surface area contributed by atoms with Crippen LogP contribution in [0.25, 0.3) is 0 Å². The number of carbonyl (C=O) groups excluding carboxylic acids is 1. The number of rotatable bonds is 2. The van der Waals surface area contributed by atoms with Gasteiger partial charge in [-0.3, -0.25) is 4.79 Å². The maximum atomic E-state index is 11.7. The van der Waals surface area contributed by atoms with Crippen molar-refractivity contribution >= 4 is 11.6 Å². The lowest BCUT2D eigenvalue weighted by Gasteiger charge is -2.17. The van der Waals surface area contributed by atoms with E-state index in [1.165, 1.54) is 0 Å². The Morgan fingerprint density at radius 1 is 1.53 bits per heavy atom. The van der Waals surface area contributed by atoms with Crippen molar-refractivity contribution in [2.75, 3.05) is 12.3 Å². The molecule has 1 saturated heterocycles. The van der Waals surface area contributed by atoms with Crippen molar-refractivity contribution in [1.82, 2.24) is 4.90 Å². The minimum atomic E-state index is -0.393. The van der Waals surface area contributed by atoms with Crippen molar-refractivity contribution in [2.45, 2.75) is 19.0 Å². The standard InChI is InChI=1S/C12H14N4O/c13-6-8-1-2-10(14)9(5-8)7-16-4-3-11(15)12(16)17/h1-2,5,11H,3-4,7,14-15H2/t11-/m0/s1. The van der Waals surface area contributed by atoms with Crippen LogP contribution in [-0.4, -0.2) is 23.4 Å². The maximum absolute atomic E-state index is 11.7. The number of hydrogen-bond acceptors (Lipinski definition) is 4. The van der Waals surface area contributed by atoms with E-state index >= 15 is 0 Å². The second-order valence-corrected chi connectivity index (χ2v) is 4.18. The molecule has 2 rings (SSSR count). The fourth-order valence-corrected chi connectivity index (χ4v) is 1.94. The Bertz CT molecular complexity index is 492. The highest BCUT2D eigenvalue weighted by Crippen LogP contribution is 2.19. The Labute approximate surface area is 99.6 Å². The molecule has 88 valence electrons. The van der Waals surface area contributed by atoms with Crippen LogP contribution < -0.4 is 11.5 Å². The summed E-state index contributed by atoms with van der Waals surface area (Å²) in [5.74, 6) is -0.0493. The molecule has 1 aliphatic rings. The van der Waals surface area contributed by atoms with E-state index in [-0.39, 0.29) is 5.91 Å². The Kier molecular flexibility index (Phi) is 2.98. The van der Waals surface area contributed by atoms with Crippen LogP contribution in [0.1, 0.15) is 17.5 Å². The van der Waals surface area contributed by atoms with Gasteiger partial charge in [-0.25, -0.2) is 0 Å². The molecule has 0 aliphatic carbocycles. The van der Waals surface area contributed by atoms with E-state index < -0.39 is 6.04 Å². The number of nitriles is 1. The number of benzene rings is 1. The lowest BCUT2D eigenvalue weighted by Crippen LogP contribution is -2.33. The van der Waals surface area contributed by atoms with E-state index in [1.807, 2.05) is 0 Å². The van der Waals surface area contributed by atoms with Crippen LogP contribution in [0, 0.1) is 11.3 Å². The monoisotopic (exact) mass is 230 g/mol. The van der Waals surface area contributed by atoms with Gasteiger partial charge in [-0.05, 0) is 30.2 Å². The summed E-state index contributed by atoms with van der Waals surface area (Å²) in [6.45, 7) is 1.07. The van der Waals surface area contributed by atoms with Gasteiger partial charge in [0.1, 0.15) is 0 Å². The summed E-state index contributed by atoms with van der Waals surface area (Å²) in [6, 6.07) is 6.73. The number of anilines is 1. The van der Waals surface area contributed by atoms with Gasteiger partial charge in [0, 0.05) is 18.8 Å². The molecule has 1 aromatic rings. The molecule has 1 amide bonds. The Balaban J connectivity index is 2.19. The number of nitrogens with zero attached hydrogens (tertiary/aromatic N) is 2. The van der Waals surface area contributed by atoms with Crippen molar-refractivity contribution in [3.63, 3.8) is 0 Å². The number of amides is 1. The largest absolute Gasteiger partial charge is 0.398 e. The first-order valence-corrected chi connectivity index (χ1v) is 5.44. The first kappa shape index (κ1) is 11.4. The fraction of sp³-hybridized carbons (Fsp3) is 0.333. The van der Waals surface area contributed by atoms with Crippen LogP contribution in [0.3, 0.4) is 0 Å². The van der Waals surface area contributed by atoms with Crippen molar-refractivity contribution in [1.29, 1.82) is 5.26 Å². The normalized spacial score (nSPS) is 19.4. The Morgan fingerprint density at radius 3 is 2.88 bits per heavy atom. The molecule has 1 fully saturated rings. The summed E-state index contributed by atoms with van der Waals surface area (Å²) in [5.41, 5.74) is 13.4. The zero-order chi connectivity index (χ0) is 12.4. The molecular formula is C12H14N4O. The van der Waals surface area contributed by atoms with E-state index in [4.69, 9.17) is 16.7 Å². The first-order valence-electron chi connectivity index (χ1n) is 5.44. The lowest BCUT2D eigenvalue weighted by molar-refractivity contribution is -0.129. The molecule has 1 atom stereocenters.